The van der Waals surface area contributed by atoms with E-state index in [0.717, 1.165) is 5.56 Å². The van der Waals surface area contributed by atoms with Gasteiger partial charge in [-0.05, 0) is 35.2 Å². The lowest BCUT2D eigenvalue weighted by Gasteiger charge is -2.02. The van der Waals surface area contributed by atoms with E-state index in [0.29, 0.717) is 11.5 Å². The van der Waals surface area contributed by atoms with Crippen molar-refractivity contribution in [2.45, 2.75) is 0 Å². The quantitative estimate of drug-likeness (QED) is 0.578. The van der Waals surface area contributed by atoms with Gasteiger partial charge in [0.25, 0.3) is 0 Å². The van der Waals surface area contributed by atoms with Gasteiger partial charge in [0, 0.05) is 25.7 Å². The van der Waals surface area contributed by atoms with Gasteiger partial charge in [0.05, 0.1) is 12.9 Å². The van der Waals surface area contributed by atoms with Gasteiger partial charge in [-0.3, -0.25) is 4.79 Å². The number of hydrogen-bond acceptors (Lipinski definition) is 3. The number of rotatable bonds is 5. The molecule has 1 aromatic heterocycles. The third-order valence-electron chi connectivity index (χ3n) is 3.52. The topological polar surface area (TPSA) is 37.3 Å². The van der Waals surface area contributed by atoms with Crippen LogP contribution in [0.15, 0.2) is 42.5 Å². The second-order valence-corrected chi connectivity index (χ2v) is 8.43. The number of thiophene rings is 1. The van der Waals surface area contributed by atoms with Gasteiger partial charge in [-0.15, -0.1) is 11.3 Å². The summed E-state index contributed by atoms with van der Waals surface area (Å²) in [7, 11) is -0.0488. The van der Waals surface area contributed by atoms with Gasteiger partial charge in [-0.1, -0.05) is 18.2 Å². The van der Waals surface area contributed by atoms with E-state index in [9.17, 15) is 4.79 Å². The van der Waals surface area contributed by atoms with Crippen molar-refractivity contribution in [3.05, 3.63) is 48.0 Å². The molecule has 3 rings (SSSR count). The number of fused-ring (bicyclic) bond motifs is 3. The Morgan fingerprint density at radius 3 is 2.71 bits per heavy atom. The van der Waals surface area contributed by atoms with Gasteiger partial charge in [0.15, 0.2) is 5.75 Å². The molecule has 0 aliphatic carbocycles. The first kappa shape index (κ1) is 14.6. The van der Waals surface area contributed by atoms with Crippen LogP contribution in [-0.2, 0) is 10.9 Å². The molecule has 21 heavy (non-hydrogen) atoms. The van der Waals surface area contributed by atoms with Gasteiger partial charge in [-0.25, -0.2) is 0 Å². The highest BCUT2D eigenvalue weighted by atomic mass is 32.2. The average molecular weight is 317 g/mol. The minimum absolute atomic E-state index is 0.0488. The number of Topliss-reactive ketones (excluding diaryl/α,β-unsaturated/α-hetero) is 1. The number of carbonyl (C=O) groups excluding carboxylic acids is 1. The van der Waals surface area contributed by atoms with Crippen molar-refractivity contribution in [1.82, 2.24) is 0 Å². The molecular weight excluding hydrogens is 300 g/mol. The fourth-order valence-corrected chi connectivity index (χ4v) is 4.59. The third kappa shape index (κ3) is 2.98. The number of aliphatic hydroxyl groups excluding tert-OH is 1. The molecule has 1 heterocycles. The summed E-state index contributed by atoms with van der Waals surface area (Å²) in [4.78, 5) is 12.4. The molecule has 108 valence electrons. The monoisotopic (exact) mass is 317 g/mol. The molecule has 0 saturated heterocycles. The summed E-state index contributed by atoms with van der Waals surface area (Å²) in [5.41, 5.74) is 0.781. The maximum Gasteiger partial charge on any atom is 0.211 e. The maximum absolute atomic E-state index is 12.4. The van der Waals surface area contributed by atoms with Crippen LogP contribution >= 0.6 is 11.3 Å². The fraction of sp³-hybridized carbons (Fsp3) is 0.235. The molecule has 0 radical (unpaired) electrons. The van der Waals surface area contributed by atoms with Crippen LogP contribution in [0.1, 0.15) is 10.4 Å². The smallest absolute Gasteiger partial charge is 0.211 e. The summed E-state index contributed by atoms with van der Waals surface area (Å²) in [6.07, 6.45) is 2.03. The first-order valence-corrected chi connectivity index (χ1v) is 9.62. The van der Waals surface area contributed by atoms with Crippen molar-refractivity contribution in [2.75, 3.05) is 24.4 Å². The zero-order chi connectivity index (χ0) is 14.8. The van der Waals surface area contributed by atoms with E-state index < -0.39 is 0 Å². The first-order valence-electron chi connectivity index (χ1n) is 6.83. The lowest BCUT2D eigenvalue weighted by Crippen LogP contribution is -2.19. The van der Waals surface area contributed by atoms with E-state index in [1.807, 2.05) is 36.6 Å². The minimum Gasteiger partial charge on any atom is -0.391 e. The summed E-state index contributed by atoms with van der Waals surface area (Å²) >= 11 is 1.76. The van der Waals surface area contributed by atoms with Crippen LogP contribution in [0.4, 0.5) is 0 Å². The number of ketones is 1. The Morgan fingerprint density at radius 1 is 1.14 bits per heavy atom. The molecule has 0 spiro atoms. The minimum atomic E-state index is -0.0488. The summed E-state index contributed by atoms with van der Waals surface area (Å²) in [5, 5.41) is 11.3. The van der Waals surface area contributed by atoms with Crippen molar-refractivity contribution >= 4 is 48.2 Å². The molecule has 0 amide bonds. The second-order valence-electron chi connectivity index (χ2n) is 5.09. The summed E-state index contributed by atoms with van der Waals surface area (Å²) in [6.45, 7) is 0.154. The SMILES string of the molecule is C[S+](CCO)CC(=O)c1ccc2sc3ccccc3c2c1. The number of benzene rings is 2. The first-order chi connectivity index (χ1) is 10.2. The molecule has 2 nitrogen and oxygen atoms in total. The lowest BCUT2D eigenvalue weighted by molar-refractivity contribution is 0.102. The molecule has 3 aromatic rings. The van der Waals surface area contributed by atoms with E-state index in [1.165, 1.54) is 20.2 Å². The predicted octanol–water partition coefficient (Wildman–Crippen LogP) is 3.48. The molecule has 2 aromatic carbocycles. The molecule has 0 fully saturated rings. The van der Waals surface area contributed by atoms with E-state index in [4.69, 9.17) is 5.11 Å². The Labute approximate surface area is 130 Å². The van der Waals surface area contributed by atoms with Crippen LogP contribution in [0.5, 0.6) is 0 Å². The molecule has 4 heteroatoms. The molecule has 0 aliphatic rings. The summed E-state index contributed by atoms with van der Waals surface area (Å²) in [5.74, 6) is 1.40. The summed E-state index contributed by atoms with van der Waals surface area (Å²) < 4.78 is 2.48. The lowest BCUT2D eigenvalue weighted by atomic mass is 10.1. The molecule has 0 saturated carbocycles. The Morgan fingerprint density at radius 2 is 1.90 bits per heavy atom. The maximum atomic E-state index is 12.4. The van der Waals surface area contributed by atoms with E-state index in [-0.39, 0.29) is 23.3 Å². The van der Waals surface area contributed by atoms with Crippen molar-refractivity contribution in [2.24, 2.45) is 0 Å². The number of carbonyl (C=O) groups is 1. The van der Waals surface area contributed by atoms with Gasteiger partial charge in [0.2, 0.25) is 5.78 Å². The van der Waals surface area contributed by atoms with Crippen LogP contribution in [-0.4, -0.2) is 35.3 Å². The molecule has 0 bridgehead atoms. The van der Waals surface area contributed by atoms with Gasteiger partial charge < -0.3 is 5.11 Å². The molecule has 1 N–H and O–H groups in total. The van der Waals surface area contributed by atoms with Crippen molar-refractivity contribution < 1.29 is 9.90 Å². The van der Waals surface area contributed by atoms with E-state index in [1.54, 1.807) is 11.3 Å². The van der Waals surface area contributed by atoms with E-state index in [2.05, 4.69) is 12.1 Å². The van der Waals surface area contributed by atoms with Crippen LogP contribution in [0.25, 0.3) is 20.2 Å². The molecule has 1 unspecified atom stereocenters. The number of hydrogen-bond donors (Lipinski definition) is 1. The predicted molar refractivity (Wildman–Crippen MR) is 93.8 cm³/mol. The Balaban J connectivity index is 1.96. The molecule has 0 aliphatic heterocycles. The van der Waals surface area contributed by atoms with Gasteiger partial charge in [-0.2, -0.15) is 0 Å². The van der Waals surface area contributed by atoms with Crippen molar-refractivity contribution in [1.29, 1.82) is 0 Å². The summed E-state index contributed by atoms with van der Waals surface area (Å²) in [6, 6.07) is 14.3. The van der Waals surface area contributed by atoms with Crippen LogP contribution in [0, 0.1) is 0 Å². The number of aliphatic hydroxyl groups is 1. The zero-order valence-electron chi connectivity index (χ0n) is 11.8. The highest BCUT2D eigenvalue weighted by Gasteiger charge is 2.18. The zero-order valence-corrected chi connectivity index (χ0v) is 13.5. The molecular formula is C17H17O2S2+. The molecule has 1 atom stereocenters. The standard InChI is InChI=1S/C17H17O2S2/c1-21(9-8-18)11-15(19)12-6-7-17-14(10-12)13-4-2-3-5-16(13)20-17/h2-7,10,18H,8-9,11H2,1H3/q+1. The average Bonchev–Trinajstić information content (AvgIpc) is 2.85. The van der Waals surface area contributed by atoms with Crippen LogP contribution in [0.2, 0.25) is 0 Å². The van der Waals surface area contributed by atoms with Gasteiger partial charge >= 0.3 is 0 Å². The normalized spacial score (nSPS) is 12.9. The van der Waals surface area contributed by atoms with Crippen molar-refractivity contribution in [3.8, 4) is 0 Å². The highest BCUT2D eigenvalue weighted by molar-refractivity contribution is 7.96. The Hall–Kier alpha value is -1.36. The van der Waals surface area contributed by atoms with Crippen LogP contribution < -0.4 is 0 Å². The fourth-order valence-electron chi connectivity index (χ4n) is 2.43. The van der Waals surface area contributed by atoms with E-state index >= 15 is 0 Å². The third-order valence-corrected chi connectivity index (χ3v) is 6.30. The highest BCUT2D eigenvalue weighted by Crippen LogP contribution is 2.34. The Bertz CT molecular complexity index is 792. The van der Waals surface area contributed by atoms with Crippen molar-refractivity contribution in [3.63, 3.8) is 0 Å². The second kappa shape index (κ2) is 6.18. The van der Waals surface area contributed by atoms with Gasteiger partial charge in [0.1, 0.15) is 5.75 Å². The largest absolute Gasteiger partial charge is 0.391 e. The van der Waals surface area contributed by atoms with Crippen LogP contribution in [0.3, 0.4) is 0 Å². The Kier molecular flexibility index (Phi) is 4.29.